The number of allylic oxidation sites excluding steroid dienone is 1. The summed E-state index contributed by atoms with van der Waals surface area (Å²) >= 11 is 0. The summed E-state index contributed by atoms with van der Waals surface area (Å²) in [7, 11) is 2.16. The fourth-order valence-electron chi connectivity index (χ4n) is 2.85. The molecule has 4 heteroatoms. The monoisotopic (exact) mass is 321 g/mol. The zero-order valence-corrected chi connectivity index (χ0v) is 14.1. The van der Waals surface area contributed by atoms with Crippen LogP contribution in [0.1, 0.15) is 21.6 Å². The maximum atomic E-state index is 12.2. The number of rotatable bonds is 5. The zero-order chi connectivity index (χ0) is 16.8. The number of hydrogen-bond donors (Lipinski definition) is 0. The Morgan fingerprint density at radius 1 is 1.08 bits per heavy atom. The number of nitrogens with zero attached hydrogens (tertiary/aromatic N) is 3. The van der Waals surface area contributed by atoms with Gasteiger partial charge in [-0.2, -0.15) is 0 Å². The highest BCUT2D eigenvalue weighted by Gasteiger charge is 2.14. The van der Waals surface area contributed by atoms with E-state index in [2.05, 4.69) is 40.0 Å². The molecular weight excluding hydrogens is 298 g/mol. The first-order valence-electron chi connectivity index (χ1n) is 8.34. The number of aromatic nitrogens is 1. The third-order valence-corrected chi connectivity index (χ3v) is 4.38. The van der Waals surface area contributed by atoms with Crippen molar-refractivity contribution >= 4 is 11.9 Å². The van der Waals surface area contributed by atoms with Crippen molar-refractivity contribution < 1.29 is 4.79 Å². The Morgan fingerprint density at radius 2 is 1.83 bits per heavy atom. The van der Waals surface area contributed by atoms with E-state index in [4.69, 9.17) is 0 Å². The molecule has 0 radical (unpaired) electrons. The molecule has 4 nitrogen and oxygen atoms in total. The lowest BCUT2D eigenvalue weighted by Crippen LogP contribution is -2.43. The van der Waals surface area contributed by atoms with Crippen molar-refractivity contribution in [3.05, 3.63) is 71.6 Å². The minimum atomic E-state index is -0.0648. The van der Waals surface area contributed by atoms with Gasteiger partial charge in [0.15, 0.2) is 0 Å². The minimum Gasteiger partial charge on any atom is -0.304 e. The molecule has 1 saturated heterocycles. The van der Waals surface area contributed by atoms with Crippen LogP contribution >= 0.6 is 0 Å². The van der Waals surface area contributed by atoms with Gasteiger partial charge < -0.3 is 4.90 Å². The van der Waals surface area contributed by atoms with E-state index in [0.717, 1.165) is 38.3 Å². The van der Waals surface area contributed by atoms with E-state index >= 15 is 0 Å². The van der Waals surface area contributed by atoms with E-state index < -0.39 is 0 Å². The second-order valence-corrected chi connectivity index (χ2v) is 6.19. The van der Waals surface area contributed by atoms with Gasteiger partial charge in [0.2, 0.25) is 5.78 Å². The molecule has 0 unspecified atom stereocenters. The number of likely N-dealkylation sites (N-methyl/N-ethyl adjacent to an activating group) is 1. The molecule has 1 aromatic heterocycles. The van der Waals surface area contributed by atoms with Gasteiger partial charge in [-0.25, -0.2) is 0 Å². The summed E-state index contributed by atoms with van der Waals surface area (Å²) in [6, 6.07) is 13.7. The number of benzene rings is 1. The van der Waals surface area contributed by atoms with E-state index in [9.17, 15) is 4.79 Å². The summed E-state index contributed by atoms with van der Waals surface area (Å²) in [6.45, 7) is 5.31. The highest BCUT2D eigenvalue weighted by Crippen LogP contribution is 2.15. The molecule has 1 aliphatic heterocycles. The summed E-state index contributed by atoms with van der Waals surface area (Å²) in [5.74, 6) is -0.0648. The molecule has 1 aromatic carbocycles. The molecule has 0 bridgehead atoms. The van der Waals surface area contributed by atoms with Gasteiger partial charge in [-0.3, -0.25) is 14.7 Å². The Balaban J connectivity index is 1.70. The van der Waals surface area contributed by atoms with Crippen molar-refractivity contribution in [1.82, 2.24) is 14.8 Å². The predicted octanol–water partition coefficient (Wildman–Crippen LogP) is 2.73. The lowest BCUT2D eigenvalue weighted by molar-refractivity contribution is 0.104. The number of carbonyl (C=O) groups excluding carboxylic acids is 1. The van der Waals surface area contributed by atoms with E-state index in [1.807, 2.05) is 24.3 Å². The Hall–Kier alpha value is -2.30. The summed E-state index contributed by atoms with van der Waals surface area (Å²) in [5, 5.41) is 0. The lowest BCUT2D eigenvalue weighted by atomic mass is 10.1. The molecule has 0 aliphatic carbocycles. The van der Waals surface area contributed by atoms with Crippen LogP contribution in [-0.4, -0.2) is 53.8 Å². The minimum absolute atomic E-state index is 0.0648. The Bertz CT molecular complexity index is 704. The second-order valence-electron chi connectivity index (χ2n) is 6.19. The molecule has 124 valence electrons. The van der Waals surface area contributed by atoms with Crippen molar-refractivity contribution in [1.29, 1.82) is 0 Å². The normalized spacial score (nSPS) is 16.5. The molecule has 0 atom stereocenters. The van der Waals surface area contributed by atoms with Crippen molar-refractivity contribution in [3.8, 4) is 0 Å². The van der Waals surface area contributed by atoms with Crippen molar-refractivity contribution in [3.63, 3.8) is 0 Å². The molecule has 3 rings (SSSR count). The molecule has 0 saturated carbocycles. The molecule has 1 aliphatic rings. The highest BCUT2D eigenvalue weighted by atomic mass is 16.1. The Morgan fingerprint density at radius 3 is 2.58 bits per heavy atom. The van der Waals surface area contributed by atoms with Crippen LogP contribution in [-0.2, 0) is 6.54 Å². The third-order valence-electron chi connectivity index (χ3n) is 4.38. The van der Waals surface area contributed by atoms with Crippen LogP contribution in [0.4, 0.5) is 0 Å². The number of ketones is 1. The van der Waals surface area contributed by atoms with E-state index in [1.165, 1.54) is 5.56 Å². The predicted molar refractivity (Wildman–Crippen MR) is 96.8 cm³/mol. The molecule has 1 fully saturated rings. The van der Waals surface area contributed by atoms with E-state index in [-0.39, 0.29) is 5.78 Å². The lowest BCUT2D eigenvalue weighted by Gasteiger charge is -2.32. The van der Waals surface area contributed by atoms with Crippen LogP contribution in [0.2, 0.25) is 0 Å². The van der Waals surface area contributed by atoms with E-state index in [0.29, 0.717) is 5.69 Å². The number of hydrogen-bond acceptors (Lipinski definition) is 4. The average molecular weight is 321 g/mol. The van der Waals surface area contributed by atoms with Crippen molar-refractivity contribution in [2.45, 2.75) is 6.54 Å². The average Bonchev–Trinajstić information content (AvgIpc) is 2.63. The Labute approximate surface area is 143 Å². The number of pyridine rings is 1. The van der Waals surface area contributed by atoms with Gasteiger partial charge >= 0.3 is 0 Å². The standard InChI is InChI=1S/C20H23N3O/c1-22-12-14-23(15-13-22)16-18-7-3-2-6-17(18)9-10-20(24)19-8-4-5-11-21-19/h2-11H,12-16H2,1H3/b10-9+. The van der Waals surface area contributed by atoms with Gasteiger partial charge in [0.25, 0.3) is 0 Å². The first-order chi connectivity index (χ1) is 11.7. The summed E-state index contributed by atoms with van der Waals surface area (Å²) < 4.78 is 0. The summed E-state index contributed by atoms with van der Waals surface area (Å²) in [6.07, 6.45) is 5.16. The number of piperazine rings is 1. The van der Waals surface area contributed by atoms with Crippen molar-refractivity contribution in [2.24, 2.45) is 0 Å². The summed E-state index contributed by atoms with van der Waals surface area (Å²) in [4.78, 5) is 21.1. The molecule has 0 spiro atoms. The maximum absolute atomic E-state index is 12.2. The quantitative estimate of drug-likeness (QED) is 0.627. The molecule has 2 aromatic rings. The van der Waals surface area contributed by atoms with Gasteiger partial charge in [0.1, 0.15) is 5.69 Å². The van der Waals surface area contributed by atoms with Crippen LogP contribution in [0.3, 0.4) is 0 Å². The smallest absolute Gasteiger partial charge is 0.204 e. The first kappa shape index (κ1) is 16.6. The van der Waals surface area contributed by atoms with Crippen LogP contribution in [0.25, 0.3) is 6.08 Å². The Kier molecular flexibility index (Phi) is 5.51. The summed E-state index contributed by atoms with van der Waals surface area (Å²) in [5.41, 5.74) is 2.83. The highest BCUT2D eigenvalue weighted by molar-refractivity contribution is 6.05. The molecule has 0 amide bonds. The SMILES string of the molecule is CN1CCN(Cc2ccccc2/C=C/C(=O)c2ccccn2)CC1. The maximum Gasteiger partial charge on any atom is 0.204 e. The van der Waals surface area contributed by atoms with Crippen molar-refractivity contribution in [2.75, 3.05) is 33.2 Å². The molecular formula is C20H23N3O. The van der Waals surface area contributed by atoms with Crippen LogP contribution in [0.5, 0.6) is 0 Å². The fraction of sp³-hybridized carbons (Fsp3) is 0.300. The molecule has 24 heavy (non-hydrogen) atoms. The number of carbonyl (C=O) groups is 1. The fourth-order valence-corrected chi connectivity index (χ4v) is 2.85. The van der Waals surface area contributed by atoms with Gasteiger partial charge in [0, 0.05) is 38.9 Å². The third kappa shape index (κ3) is 4.37. The van der Waals surface area contributed by atoms with Crippen LogP contribution in [0, 0.1) is 0 Å². The second kappa shape index (κ2) is 7.99. The van der Waals surface area contributed by atoms with Crippen LogP contribution in [0.15, 0.2) is 54.7 Å². The largest absolute Gasteiger partial charge is 0.304 e. The molecule has 0 N–H and O–H groups in total. The van der Waals surface area contributed by atoms with E-state index in [1.54, 1.807) is 18.3 Å². The molecule has 2 heterocycles. The van der Waals surface area contributed by atoms with Gasteiger partial charge in [-0.1, -0.05) is 36.4 Å². The topological polar surface area (TPSA) is 36.4 Å². The van der Waals surface area contributed by atoms with Gasteiger partial charge in [0.05, 0.1) is 0 Å². The van der Waals surface area contributed by atoms with Gasteiger partial charge in [-0.15, -0.1) is 0 Å². The van der Waals surface area contributed by atoms with Gasteiger partial charge in [-0.05, 0) is 36.4 Å². The first-order valence-corrected chi connectivity index (χ1v) is 8.34. The zero-order valence-electron chi connectivity index (χ0n) is 14.1. The van der Waals surface area contributed by atoms with Crippen LogP contribution < -0.4 is 0 Å².